The molecule has 2 aromatic carbocycles. The summed E-state index contributed by atoms with van der Waals surface area (Å²) in [6.07, 6.45) is 3.28. The molecule has 0 saturated carbocycles. The normalized spacial score (nSPS) is 17.8. The minimum absolute atomic E-state index is 0.0784. The average Bonchev–Trinajstić information content (AvgIpc) is 3.43. The van der Waals surface area contributed by atoms with Crippen molar-refractivity contribution in [1.29, 1.82) is 0 Å². The van der Waals surface area contributed by atoms with Gasteiger partial charge in [-0.05, 0) is 42.7 Å². The van der Waals surface area contributed by atoms with Crippen LogP contribution in [0.5, 0.6) is 5.75 Å². The summed E-state index contributed by atoms with van der Waals surface area (Å²) in [6.45, 7) is 2.80. The number of aromatic amines is 1. The zero-order chi connectivity index (χ0) is 36.7. The molecule has 15 nitrogen and oxygen atoms in total. The first-order chi connectivity index (χ1) is 25.3. The molecule has 15 heteroatoms. The molecule has 4 aromatic rings. The van der Waals surface area contributed by atoms with E-state index in [4.69, 9.17) is 14.6 Å². The number of benzene rings is 2. The zero-order valence-corrected chi connectivity index (χ0v) is 28.8. The van der Waals surface area contributed by atoms with E-state index in [1.807, 2.05) is 59.6 Å². The van der Waals surface area contributed by atoms with Gasteiger partial charge in [0.25, 0.3) is 12.4 Å². The lowest BCUT2D eigenvalue weighted by molar-refractivity contribution is -0.137. The third kappa shape index (κ3) is 10.5. The predicted octanol–water partition coefficient (Wildman–Crippen LogP) is 1.77. The van der Waals surface area contributed by atoms with Crippen LogP contribution in [0.1, 0.15) is 34.5 Å². The van der Waals surface area contributed by atoms with Crippen molar-refractivity contribution in [1.82, 2.24) is 35.7 Å². The second-order valence-corrected chi connectivity index (χ2v) is 12.4. The highest BCUT2D eigenvalue weighted by Crippen LogP contribution is 2.23. The van der Waals surface area contributed by atoms with Crippen LogP contribution >= 0.6 is 0 Å². The van der Waals surface area contributed by atoms with E-state index < -0.39 is 11.9 Å². The number of hydrogen-bond acceptors (Lipinski definition) is 9. The van der Waals surface area contributed by atoms with Crippen molar-refractivity contribution in [3.05, 3.63) is 89.7 Å². The van der Waals surface area contributed by atoms with Crippen molar-refractivity contribution < 1.29 is 33.8 Å². The average molecular weight is 713 g/mol. The Morgan fingerprint density at radius 1 is 0.904 bits per heavy atom. The summed E-state index contributed by atoms with van der Waals surface area (Å²) >= 11 is 0. The molecule has 2 aliphatic rings. The summed E-state index contributed by atoms with van der Waals surface area (Å²) in [7, 11) is 0. The number of carbonyl (C=O) groups excluding carboxylic acids is 4. The quantitative estimate of drug-likeness (QED) is 0.170. The van der Waals surface area contributed by atoms with E-state index in [2.05, 4.69) is 31.2 Å². The second-order valence-electron chi connectivity index (χ2n) is 12.4. The number of rotatable bonds is 4. The van der Waals surface area contributed by atoms with Crippen LogP contribution in [-0.2, 0) is 32.1 Å². The number of hydrogen-bond donors (Lipinski definition) is 6. The van der Waals surface area contributed by atoms with Crippen LogP contribution in [0.4, 0.5) is 5.82 Å². The van der Waals surface area contributed by atoms with Gasteiger partial charge in [0.15, 0.2) is 0 Å². The van der Waals surface area contributed by atoms with Crippen molar-refractivity contribution >= 4 is 46.8 Å². The van der Waals surface area contributed by atoms with E-state index in [0.717, 1.165) is 27.8 Å². The molecule has 6 rings (SSSR count). The molecule has 2 aromatic heterocycles. The smallest absolute Gasteiger partial charge is 0.290 e. The maximum atomic E-state index is 13.6. The van der Waals surface area contributed by atoms with Gasteiger partial charge in [-0.15, -0.1) is 0 Å². The van der Waals surface area contributed by atoms with Gasteiger partial charge in [0.2, 0.25) is 17.7 Å². The Bertz CT molecular complexity index is 1850. The molecule has 1 atom stereocenters. The molecule has 0 radical (unpaired) electrons. The SMILES string of the molecule is O=C1CN(C(=O)CN2CCOc3ccccc3C2)CCCCNC(=O)[C@H](Cc2c[nH]c3ccccc23)NC(=O)c2cccc(n2)NCCN1.O=CO. The van der Waals surface area contributed by atoms with Gasteiger partial charge in [-0.25, -0.2) is 4.98 Å². The fourth-order valence-corrected chi connectivity index (χ4v) is 6.10. The number of carbonyl (C=O) groups is 5. The van der Waals surface area contributed by atoms with Crippen molar-refractivity contribution in [3.8, 4) is 5.75 Å². The highest BCUT2D eigenvalue weighted by atomic mass is 16.5. The molecular formula is C37H44N8O7. The highest BCUT2D eigenvalue weighted by molar-refractivity contribution is 5.97. The maximum absolute atomic E-state index is 13.6. The Labute approximate surface area is 301 Å². The van der Waals surface area contributed by atoms with Crippen molar-refractivity contribution in [3.63, 3.8) is 0 Å². The third-order valence-electron chi connectivity index (χ3n) is 8.69. The van der Waals surface area contributed by atoms with Gasteiger partial charge >= 0.3 is 0 Å². The Hall–Kier alpha value is -5.96. The standard InChI is InChI=1S/C36H42N8O5.CH2O2/c45-33-23-44(34(46)24-43-18-19-49-31-12-4-1-8-25(31)22-43)17-6-5-14-39-35(47)30(20-26-21-40-28-10-3-2-9-27(26)28)42-36(48)29-11-7-13-32(41-29)37-15-16-38-33;2-1-3/h1-4,7-13,21,30,40H,5-6,14-20,22-24H2,(H,37,41)(H,38,45)(H,39,47)(H,42,48);1H,(H,2,3)/t30-;/m0./s1. The Balaban J connectivity index is 0.00000168. The van der Waals surface area contributed by atoms with Crippen LogP contribution in [-0.4, -0.2) is 113 Å². The number of H-pyrrole nitrogens is 1. The van der Waals surface area contributed by atoms with Crippen LogP contribution in [0.15, 0.2) is 72.9 Å². The lowest BCUT2D eigenvalue weighted by atomic mass is 10.0. The molecule has 4 amide bonds. The number of para-hydroxylation sites is 2. The Morgan fingerprint density at radius 3 is 2.56 bits per heavy atom. The van der Waals surface area contributed by atoms with Crippen LogP contribution in [0.2, 0.25) is 0 Å². The minimum atomic E-state index is -0.852. The third-order valence-corrected chi connectivity index (χ3v) is 8.69. The molecule has 6 N–H and O–H groups in total. The van der Waals surface area contributed by atoms with E-state index >= 15 is 0 Å². The Morgan fingerprint density at radius 2 is 1.69 bits per heavy atom. The van der Waals surface area contributed by atoms with Gasteiger partial charge in [0.05, 0.1) is 13.1 Å². The molecule has 274 valence electrons. The first-order valence-corrected chi connectivity index (χ1v) is 17.2. The summed E-state index contributed by atoms with van der Waals surface area (Å²) in [5, 5.41) is 19.7. The number of carboxylic acid groups (broad SMARTS) is 1. The monoisotopic (exact) mass is 712 g/mol. The van der Waals surface area contributed by atoms with Crippen molar-refractivity contribution in [2.45, 2.75) is 31.8 Å². The first-order valence-electron chi connectivity index (χ1n) is 17.2. The first kappa shape index (κ1) is 37.3. The summed E-state index contributed by atoms with van der Waals surface area (Å²) in [4.78, 5) is 73.1. The molecule has 4 heterocycles. The van der Waals surface area contributed by atoms with Gasteiger partial charge in [-0.3, -0.25) is 28.9 Å². The van der Waals surface area contributed by atoms with E-state index in [9.17, 15) is 19.2 Å². The van der Waals surface area contributed by atoms with Gasteiger partial charge in [-0.1, -0.05) is 42.5 Å². The summed E-state index contributed by atoms with van der Waals surface area (Å²) in [6, 6.07) is 19.8. The van der Waals surface area contributed by atoms with E-state index in [-0.39, 0.29) is 49.4 Å². The number of amides is 4. The largest absolute Gasteiger partial charge is 0.492 e. The maximum Gasteiger partial charge on any atom is 0.290 e. The molecule has 0 fully saturated rings. The lowest BCUT2D eigenvalue weighted by Gasteiger charge is -2.26. The van der Waals surface area contributed by atoms with Crippen LogP contribution in [0.3, 0.4) is 0 Å². The van der Waals surface area contributed by atoms with Gasteiger partial charge in [0, 0.05) is 68.4 Å². The van der Waals surface area contributed by atoms with Gasteiger partial charge in [0.1, 0.15) is 29.9 Å². The zero-order valence-electron chi connectivity index (χ0n) is 28.8. The molecule has 52 heavy (non-hydrogen) atoms. The van der Waals surface area contributed by atoms with Crippen LogP contribution < -0.4 is 26.0 Å². The highest BCUT2D eigenvalue weighted by Gasteiger charge is 2.25. The fraction of sp³-hybridized carbons (Fsp3) is 0.351. The van der Waals surface area contributed by atoms with E-state index in [1.165, 1.54) is 0 Å². The number of nitrogens with one attached hydrogen (secondary N) is 5. The van der Waals surface area contributed by atoms with Crippen LogP contribution in [0, 0.1) is 0 Å². The predicted molar refractivity (Wildman–Crippen MR) is 194 cm³/mol. The number of anilines is 1. The van der Waals surface area contributed by atoms with Gasteiger partial charge < -0.3 is 41.0 Å². The van der Waals surface area contributed by atoms with Gasteiger partial charge in [-0.2, -0.15) is 0 Å². The number of pyridine rings is 1. The van der Waals surface area contributed by atoms with Crippen molar-refractivity contribution in [2.75, 3.05) is 57.7 Å². The number of fused-ring (bicyclic) bond motifs is 4. The van der Waals surface area contributed by atoms with E-state index in [0.29, 0.717) is 64.5 Å². The van der Waals surface area contributed by atoms with Crippen molar-refractivity contribution in [2.24, 2.45) is 0 Å². The number of aromatic nitrogens is 2. The molecule has 2 aliphatic heterocycles. The molecule has 2 bridgehead atoms. The topological polar surface area (TPSA) is 198 Å². The fourth-order valence-electron chi connectivity index (χ4n) is 6.10. The molecule has 0 saturated heterocycles. The molecule has 0 spiro atoms. The van der Waals surface area contributed by atoms with Crippen LogP contribution in [0.25, 0.3) is 10.9 Å². The lowest BCUT2D eigenvalue weighted by Crippen LogP contribution is -2.48. The number of nitrogens with zero attached hydrogens (tertiary/aromatic N) is 3. The Kier molecular flexibility index (Phi) is 13.5. The van der Waals surface area contributed by atoms with E-state index in [1.54, 1.807) is 23.1 Å². The second kappa shape index (κ2) is 18.9. The number of ether oxygens (including phenoxy) is 1. The molecular weight excluding hydrogens is 668 g/mol. The summed E-state index contributed by atoms with van der Waals surface area (Å²) in [5.41, 5.74) is 3.03. The molecule has 0 unspecified atom stereocenters. The molecule has 0 aliphatic carbocycles. The summed E-state index contributed by atoms with van der Waals surface area (Å²) in [5.74, 6) is 0.0737. The minimum Gasteiger partial charge on any atom is -0.492 e. The summed E-state index contributed by atoms with van der Waals surface area (Å²) < 4.78 is 5.86.